The molecule has 80 valence electrons. The lowest BCUT2D eigenvalue weighted by molar-refractivity contribution is -0.149. The van der Waals surface area contributed by atoms with E-state index in [9.17, 15) is 9.59 Å². The Balaban J connectivity index is 2.68. The Kier molecular flexibility index (Phi) is 3.63. The number of nitrogens with one attached hydrogen (secondary N) is 1. The summed E-state index contributed by atoms with van der Waals surface area (Å²) in [7, 11) is 0. The Bertz CT molecular complexity index is 238. The first-order valence-electron chi connectivity index (χ1n) is 5.13. The molecule has 1 unspecified atom stereocenters. The molecule has 1 fully saturated rings. The van der Waals surface area contributed by atoms with E-state index >= 15 is 0 Å². The predicted molar refractivity (Wildman–Crippen MR) is 53.6 cm³/mol. The van der Waals surface area contributed by atoms with Crippen molar-refractivity contribution >= 4 is 11.8 Å². The molecule has 0 aromatic heterocycles. The molecule has 1 atom stereocenters. The first-order chi connectivity index (χ1) is 6.56. The van der Waals surface area contributed by atoms with E-state index in [-0.39, 0.29) is 24.4 Å². The maximum Gasteiger partial charge on any atom is 0.246 e. The van der Waals surface area contributed by atoms with Gasteiger partial charge in [-0.05, 0) is 12.3 Å². The number of carbonyl (C=O) groups is 2. The molecule has 0 bridgehead atoms. The number of rotatable bonds is 3. The third kappa shape index (κ3) is 2.32. The molecule has 1 N–H and O–H groups in total. The minimum atomic E-state index is -0.175. The van der Waals surface area contributed by atoms with E-state index in [0.717, 1.165) is 6.42 Å². The van der Waals surface area contributed by atoms with Crippen LogP contribution in [0, 0.1) is 5.92 Å². The third-order valence-electron chi connectivity index (χ3n) is 2.32. The van der Waals surface area contributed by atoms with Crippen LogP contribution in [-0.2, 0) is 9.59 Å². The second kappa shape index (κ2) is 4.55. The first kappa shape index (κ1) is 11.2. The zero-order valence-electron chi connectivity index (χ0n) is 9.04. The molecule has 1 saturated heterocycles. The monoisotopic (exact) mass is 198 g/mol. The van der Waals surface area contributed by atoms with Gasteiger partial charge in [0.25, 0.3) is 0 Å². The summed E-state index contributed by atoms with van der Waals surface area (Å²) < 4.78 is 0. The van der Waals surface area contributed by atoms with Crippen LogP contribution in [-0.4, -0.2) is 35.8 Å². The standard InChI is InChI=1S/C10H18N2O2/c1-4-8-10(14)12(6-7(2)3)9(13)5-11-8/h7-8,11H,4-6H2,1-3H3. The van der Waals surface area contributed by atoms with Crippen LogP contribution in [0.25, 0.3) is 0 Å². The fourth-order valence-electron chi connectivity index (χ4n) is 1.58. The van der Waals surface area contributed by atoms with Gasteiger partial charge in [-0.2, -0.15) is 0 Å². The molecule has 14 heavy (non-hydrogen) atoms. The van der Waals surface area contributed by atoms with Crippen LogP contribution in [0.4, 0.5) is 0 Å². The molecule has 0 radical (unpaired) electrons. The quantitative estimate of drug-likeness (QED) is 0.667. The SMILES string of the molecule is CCC1NCC(=O)N(CC(C)C)C1=O. The van der Waals surface area contributed by atoms with E-state index in [1.165, 1.54) is 4.90 Å². The lowest BCUT2D eigenvalue weighted by atomic mass is 10.1. The average Bonchev–Trinajstić information content (AvgIpc) is 2.12. The molecule has 0 spiro atoms. The second-order valence-electron chi connectivity index (χ2n) is 4.08. The normalized spacial score (nSPS) is 23.4. The van der Waals surface area contributed by atoms with Crippen LogP contribution in [0.2, 0.25) is 0 Å². The second-order valence-corrected chi connectivity index (χ2v) is 4.08. The van der Waals surface area contributed by atoms with Crippen LogP contribution >= 0.6 is 0 Å². The van der Waals surface area contributed by atoms with Crippen molar-refractivity contribution in [3.05, 3.63) is 0 Å². The summed E-state index contributed by atoms with van der Waals surface area (Å²) in [6.07, 6.45) is 0.737. The highest BCUT2D eigenvalue weighted by atomic mass is 16.2. The Hall–Kier alpha value is -0.900. The Labute approximate surface area is 84.7 Å². The van der Waals surface area contributed by atoms with E-state index in [4.69, 9.17) is 0 Å². The zero-order valence-corrected chi connectivity index (χ0v) is 9.04. The van der Waals surface area contributed by atoms with Gasteiger partial charge in [0, 0.05) is 6.54 Å². The highest BCUT2D eigenvalue weighted by molar-refractivity contribution is 6.01. The number of imide groups is 1. The maximum atomic E-state index is 11.7. The van der Waals surface area contributed by atoms with Crippen LogP contribution in [0.15, 0.2) is 0 Å². The highest BCUT2D eigenvalue weighted by Gasteiger charge is 2.32. The number of carbonyl (C=O) groups excluding carboxylic acids is 2. The summed E-state index contributed by atoms with van der Waals surface area (Å²) in [6.45, 7) is 6.78. The summed E-state index contributed by atoms with van der Waals surface area (Å²) in [5, 5.41) is 2.93. The molecule has 4 nitrogen and oxygen atoms in total. The Morgan fingerprint density at radius 2 is 2.14 bits per heavy atom. The summed E-state index contributed by atoms with van der Waals surface area (Å²) in [6, 6.07) is -0.175. The molecule has 0 aromatic carbocycles. The van der Waals surface area contributed by atoms with Crippen molar-refractivity contribution in [3.8, 4) is 0 Å². The van der Waals surface area contributed by atoms with Crippen molar-refractivity contribution < 1.29 is 9.59 Å². The predicted octanol–water partition coefficient (Wildman–Crippen LogP) is 0.379. The van der Waals surface area contributed by atoms with Crippen LogP contribution in [0.1, 0.15) is 27.2 Å². The van der Waals surface area contributed by atoms with Crippen molar-refractivity contribution in [2.24, 2.45) is 5.92 Å². The van der Waals surface area contributed by atoms with E-state index in [1.807, 2.05) is 20.8 Å². The zero-order chi connectivity index (χ0) is 10.7. The molecular weight excluding hydrogens is 180 g/mol. The van der Waals surface area contributed by atoms with Crippen molar-refractivity contribution in [1.29, 1.82) is 0 Å². The molecule has 1 aliphatic heterocycles. The molecule has 4 heteroatoms. The Morgan fingerprint density at radius 1 is 1.50 bits per heavy atom. The lowest BCUT2D eigenvalue weighted by Crippen LogP contribution is -2.58. The average molecular weight is 198 g/mol. The van der Waals surface area contributed by atoms with Crippen molar-refractivity contribution in [3.63, 3.8) is 0 Å². The van der Waals surface area contributed by atoms with Crippen LogP contribution < -0.4 is 5.32 Å². The van der Waals surface area contributed by atoms with E-state index in [0.29, 0.717) is 12.5 Å². The van der Waals surface area contributed by atoms with E-state index in [2.05, 4.69) is 5.32 Å². The summed E-state index contributed by atoms with van der Waals surface area (Å²) in [5.74, 6) is 0.157. The topological polar surface area (TPSA) is 49.4 Å². The van der Waals surface area contributed by atoms with Crippen molar-refractivity contribution in [2.75, 3.05) is 13.1 Å². The maximum absolute atomic E-state index is 11.7. The van der Waals surface area contributed by atoms with Gasteiger partial charge in [0.1, 0.15) is 0 Å². The fraction of sp³-hybridized carbons (Fsp3) is 0.800. The largest absolute Gasteiger partial charge is 0.297 e. The molecule has 1 heterocycles. The number of nitrogens with zero attached hydrogens (tertiary/aromatic N) is 1. The number of hydrogen-bond acceptors (Lipinski definition) is 3. The van der Waals surface area contributed by atoms with Crippen LogP contribution in [0.3, 0.4) is 0 Å². The van der Waals surface area contributed by atoms with Gasteiger partial charge in [-0.3, -0.25) is 19.8 Å². The summed E-state index contributed by atoms with van der Waals surface area (Å²) in [4.78, 5) is 24.6. The number of amides is 2. The van der Waals surface area contributed by atoms with Gasteiger partial charge in [0.15, 0.2) is 0 Å². The van der Waals surface area contributed by atoms with Gasteiger partial charge in [-0.15, -0.1) is 0 Å². The number of piperazine rings is 1. The summed E-state index contributed by atoms with van der Waals surface area (Å²) in [5.41, 5.74) is 0. The van der Waals surface area contributed by atoms with E-state index < -0.39 is 0 Å². The van der Waals surface area contributed by atoms with Gasteiger partial charge in [-0.1, -0.05) is 20.8 Å². The molecule has 1 rings (SSSR count). The lowest BCUT2D eigenvalue weighted by Gasteiger charge is -2.32. The molecular formula is C10H18N2O2. The van der Waals surface area contributed by atoms with Gasteiger partial charge in [0.2, 0.25) is 11.8 Å². The molecule has 0 aliphatic carbocycles. The van der Waals surface area contributed by atoms with Crippen molar-refractivity contribution in [2.45, 2.75) is 33.2 Å². The van der Waals surface area contributed by atoms with Gasteiger partial charge >= 0.3 is 0 Å². The molecule has 0 saturated carbocycles. The van der Waals surface area contributed by atoms with Crippen LogP contribution in [0.5, 0.6) is 0 Å². The highest BCUT2D eigenvalue weighted by Crippen LogP contribution is 2.08. The third-order valence-corrected chi connectivity index (χ3v) is 2.32. The van der Waals surface area contributed by atoms with E-state index in [1.54, 1.807) is 0 Å². The van der Waals surface area contributed by atoms with Gasteiger partial charge < -0.3 is 0 Å². The summed E-state index contributed by atoms with van der Waals surface area (Å²) >= 11 is 0. The minimum absolute atomic E-state index is 0.0718. The molecule has 1 aliphatic rings. The van der Waals surface area contributed by atoms with Crippen molar-refractivity contribution in [1.82, 2.24) is 10.2 Å². The van der Waals surface area contributed by atoms with Gasteiger partial charge in [0.05, 0.1) is 12.6 Å². The van der Waals surface area contributed by atoms with Gasteiger partial charge in [-0.25, -0.2) is 0 Å². The molecule has 2 amide bonds. The fourth-order valence-corrected chi connectivity index (χ4v) is 1.58. The molecule has 0 aromatic rings. The Morgan fingerprint density at radius 3 is 2.64 bits per heavy atom. The smallest absolute Gasteiger partial charge is 0.246 e. The first-order valence-corrected chi connectivity index (χ1v) is 5.13. The minimum Gasteiger partial charge on any atom is -0.297 e. The number of hydrogen-bond donors (Lipinski definition) is 1.